The van der Waals surface area contributed by atoms with E-state index in [0.29, 0.717) is 17.8 Å². The molecule has 2 aromatic heterocycles. The second-order valence-electron chi connectivity index (χ2n) is 7.61. The molecule has 0 spiro atoms. The number of carbonyl (C=O) groups is 2. The number of pyridine rings is 1. The quantitative estimate of drug-likeness (QED) is 0.668. The van der Waals surface area contributed by atoms with Gasteiger partial charge in [-0.05, 0) is 41.1 Å². The third-order valence-corrected chi connectivity index (χ3v) is 5.99. The van der Waals surface area contributed by atoms with Gasteiger partial charge in [-0.2, -0.15) is 0 Å². The maximum absolute atomic E-state index is 13.5. The van der Waals surface area contributed by atoms with E-state index in [9.17, 15) is 9.59 Å². The van der Waals surface area contributed by atoms with E-state index in [2.05, 4.69) is 24.1 Å². The molecule has 5 nitrogen and oxygen atoms in total. The van der Waals surface area contributed by atoms with Gasteiger partial charge in [0, 0.05) is 23.2 Å². The monoisotopic (exact) mass is 405 g/mol. The van der Waals surface area contributed by atoms with Crippen molar-refractivity contribution < 1.29 is 9.59 Å². The predicted molar refractivity (Wildman–Crippen MR) is 115 cm³/mol. The van der Waals surface area contributed by atoms with E-state index < -0.39 is 5.92 Å². The molecule has 0 radical (unpaired) electrons. The van der Waals surface area contributed by atoms with Crippen LogP contribution in [0.25, 0.3) is 0 Å². The molecule has 4 rings (SSSR count). The van der Waals surface area contributed by atoms with Crippen molar-refractivity contribution in [1.29, 1.82) is 0 Å². The number of carbonyl (C=O) groups excluding carboxylic acids is 2. The summed E-state index contributed by atoms with van der Waals surface area (Å²) >= 11 is 1.58. The lowest BCUT2D eigenvalue weighted by Crippen LogP contribution is -2.47. The van der Waals surface area contributed by atoms with Crippen molar-refractivity contribution in [2.75, 3.05) is 11.9 Å². The van der Waals surface area contributed by atoms with Crippen LogP contribution in [0.1, 0.15) is 46.6 Å². The molecule has 0 bridgehead atoms. The Kier molecular flexibility index (Phi) is 5.45. The minimum Gasteiger partial charge on any atom is -0.329 e. The van der Waals surface area contributed by atoms with Crippen molar-refractivity contribution in [3.8, 4) is 0 Å². The summed E-state index contributed by atoms with van der Waals surface area (Å²) in [6, 6.07) is 14.7. The fraction of sp³-hybridized carbons (Fsp3) is 0.261. The Morgan fingerprint density at radius 1 is 1.17 bits per heavy atom. The number of aromatic nitrogens is 1. The molecule has 1 aromatic carbocycles. The molecule has 0 saturated carbocycles. The molecule has 3 heterocycles. The van der Waals surface area contributed by atoms with Crippen LogP contribution in [0.4, 0.5) is 5.69 Å². The summed E-state index contributed by atoms with van der Waals surface area (Å²) in [4.78, 5) is 33.8. The second kappa shape index (κ2) is 8.17. The number of hydrogen-bond donors (Lipinski definition) is 1. The zero-order valence-electron chi connectivity index (χ0n) is 16.4. The molecule has 2 atom stereocenters. The van der Waals surface area contributed by atoms with E-state index in [4.69, 9.17) is 0 Å². The van der Waals surface area contributed by atoms with Crippen LogP contribution in [0.3, 0.4) is 0 Å². The minimum absolute atomic E-state index is 0.0156. The molecule has 2 amide bonds. The highest BCUT2D eigenvalue weighted by atomic mass is 32.1. The van der Waals surface area contributed by atoms with Crippen molar-refractivity contribution in [3.63, 3.8) is 0 Å². The molecule has 148 valence electrons. The van der Waals surface area contributed by atoms with Crippen LogP contribution in [-0.4, -0.2) is 28.2 Å². The number of nitrogens with one attached hydrogen (secondary N) is 1. The summed E-state index contributed by atoms with van der Waals surface area (Å²) in [5.74, 6) is -0.363. The fourth-order valence-corrected chi connectivity index (χ4v) is 4.78. The smallest absolute Gasteiger partial charge is 0.254 e. The van der Waals surface area contributed by atoms with Crippen molar-refractivity contribution in [2.45, 2.75) is 25.8 Å². The maximum atomic E-state index is 13.5. The van der Waals surface area contributed by atoms with Crippen LogP contribution in [0, 0.1) is 5.92 Å². The Morgan fingerprint density at radius 2 is 2.00 bits per heavy atom. The number of benzene rings is 1. The molecule has 1 N–H and O–H groups in total. The zero-order valence-corrected chi connectivity index (χ0v) is 17.2. The largest absolute Gasteiger partial charge is 0.329 e. The highest BCUT2D eigenvalue weighted by molar-refractivity contribution is 7.10. The molecule has 0 fully saturated rings. The van der Waals surface area contributed by atoms with Crippen molar-refractivity contribution in [1.82, 2.24) is 9.88 Å². The maximum Gasteiger partial charge on any atom is 0.254 e. The summed E-state index contributed by atoms with van der Waals surface area (Å²) in [6.07, 6.45) is 3.30. The van der Waals surface area contributed by atoms with Gasteiger partial charge in [0.25, 0.3) is 5.91 Å². The van der Waals surface area contributed by atoms with Crippen LogP contribution >= 0.6 is 11.3 Å². The average Bonchev–Trinajstić information content (AvgIpc) is 3.24. The molecule has 29 heavy (non-hydrogen) atoms. The number of anilines is 1. The lowest BCUT2D eigenvalue weighted by atomic mass is 9.81. The van der Waals surface area contributed by atoms with Crippen LogP contribution in [0.2, 0.25) is 0 Å². The van der Waals surface area contributed by atoms with E-state index in [-0.39, 0.29) is 23.8 Å². The first-order valence-electron chi connectivity index (χ1n) is 9.70. The number of nitrogens with zero attached hydrogens (tertiary/aromatic N) is 2. The number of rotatable bonds is 5. The molecule has 6 heteroatoms. The lowest BCUT2D eigenvalue weighted by molar-refractivity contribution is -0.119. The van der Waals surface area contributed by atoms with Crippen LogP contribution in [-0.2, 0) is 4.79 Å². The van der Waals surface area contributed by atoms with Crippen LogP contribution in [0.15, 0.2) is 66.3 Å². The highest BCUT2D eigenvalue weighted by Crippen LogP contribution is 2.44. The summed E-state index contributed by atoms with van der Waals surface area (Å²) in [5, 5.41) is 4.99. The summed E-state index contributed by atoms with van der Waals surface area (Å²) in [6.45, 7) is 4.76. The molecule has 0 saturated heterocycles. The Labute approximate surface area is 174 Å². The third kappa shape index (κ3) is 3.80. The van der Waals surface area contributed by atoms with Crippen molar-refractivity contribution in [2.24, 2.45) is 5.92 Å². The Hall–Kier alpha value is -2.99. The van der Waals surface area contributed by atoms with E-state index in [1.165, 1.54) is 0 Å². The van der Waals surface area contributed by atoms with E-state index in [1.54, 1.807) is 29.8 Å². The number of hydrogen-bond acceptors (Lipinski definition) is 4. The molecular formula is C23H23N3O2S. The first-order valence-corrected chi connectivity index (χ1v) is 10.6. The van der Waals surface area contributed by atoms with Gasteiger partial charge in [-0.15, -0.1) is 11.3 Å². The summed E-state index contributed by atoms with van der Waals surface area (Å²) in [5.41, 5.74) is 2.02. The van der Waals surface area contributed by atoms with Gasteiger partial charge in [-0.3, -0.25) is 14.6 Å². The first-order chi connectivity index (χ1) is 14.1. The van der Waals surface area contributed by atoms with Crippen molar-refractivity contribution >= 4 is 28.8 Å². The van der Waals surface area contributed by atoms with Crippen molar-refractivity contribution in [3.05, 3.63) is 82.3 Å². The number of amides is 2. The highest BCUT2D eigenvalue weighted by Gasteiger charge is 2.44. The molecule has 3 aromatic rings. The lowest BCUT2D eigenvalue weighted by Gasteiger charge is -2.42. The Balaban J connectivity index is 1.82. The SMILES string of the molecule is CC(C)CN1C(=O)c2ccccc2C(C(=O)Nc2cccnc2)C1c1cccs1. The Morgan fingerprint density at radius 3 is 2.69 bits per heavy atom. The summed E-state index contributed by atoms with van der Waals surface area (Å²) < 4.78 is 0. The molecular weight excluding hydrogens is 382 g/mol. The topological polar surface area (TPSA) is 62.3 Å². The molecule has 1 aliphatic heterocycles. The predicted octanol–water partition coefficient (Wildman–Crippen LogP) is 4.72. The van der Waals surface area contributed by atoms with Gasteiger partial charge in [0.15, 0.2) is 0 Å². The molecule has 2 unspecified atom stereocenters. The van der Waals surface area contributed by atoms with Gasteiger partial charge < -0.3 is 10.2 Å². The zero-order chi connectivity index (χ0) is 20.4. The normalized spacial score (nSPS) is 18.6. The van der Waals surface area contributed by atoms with Gasteiger partial charge in [0.05, 0.1) is 23.8 Å². The average molecular weight is 406 g/mol. The minimum atomic E-state index is -0.499. The van der Waals surface area contributed by atoms with E-state index in [1.807, 2.05) is 52.7 Å². The van der Waals surface area contributed by atoms with Crippen LogP contribution in [0.5, 0.6) is 0 Å². The van der Waals surface area contributed by atoms with E-state index in [0.717, 1.165) is 10.4 Å². The van der Waals surface area contributed by atoms with Gasteiger partial charge in [0.2, 0.25) is 5.91 Å². The number of thiophene rings is 1. The summed E-state index contributed by atoms with van der Waals surface area (Å²) in [7, 11) is 0. The third-order valence-electron chi connectivity index (χ3n) is 5.05. The molecule has 1 aliphatic rings. The standard InChI is InChI=1S/C23H23N3O2S/c1-15(2)14-26-21(19-10-6-12-29-19)20(17-8-3-4-9-18(17)23(26)28)22(27)25-16-7-5-11-24-13-16/h3-13,15,20-21H,14H2,1-2H3,(H,25,27). The van der Waals surface area contributed by atoms with Gasteiger partial charge in [-0.1, -0.05) is 38.1 Å². The van der Waals surface area contributed by atoms with Gasteiger partial charge in [-0.25, -0.2) is 0 Å². The second-order valence-corrected chi connectivity index (χ2v) is 8.59. The van der Waals surface area contributed by atoms with Gasteiger partial charge >= 0.3 is 0 Å². The van der Waals surface area contributed by atoms with Gasteiger partial charge in [0.1, 0.15) is 0 Å². The Bertz CT molecular complexity index is 1000. The van der Waals surface area contributed by atoms with Crippen LogP contribution < -0.4 is 5.32 Å². The first kappa shape index (κ1) is 19.3. The molecule has 0 aliphatic carbocycles. The fourth-order valence-electron chi connectivity index (χ4n) is 3.90. The number of fused-ring (bicyclic) bond motifs is 1. The van der Waals surface area contributed by atoms with E-state index >= 15 is 0 Å².